The molecule has 168 valence electrons. The molecule has 7 heteroatoms. The Bertz CT molecular complexity index is 938. The van der Waals surface area contributed by atoms with Crippen LogP contribution in [0, 0.1) is 17.5 Å². The van der Waals surface area contributed by atoms with Crippen molar-refractivity contribution >= 4 is 6.08 Å². The topological polar surface area (TPSA) is 9.23 Å². The van der Waals surface area contributed by atoms with Crippen molar-refractivity contribution in [3.8, 4) is 16.9 Å². The summed E-state index contributed by atoms with van der Waals surface area (Å²) in [7, 11) is 0. The molecule has 0 bridgehead atoms. The number of halogens is 6. The second-order valence-electron chi connectivity index (χ2n) is 7.78. The lowest BCUT2D eigenvalue weighted by Gasteiger charge is -2.19. The number of allylic oxidation sites excluding steroid dienone is 1. The van der Waals surface area contributed by atoms with E-state index < -0.39 is 29.6 Å². The van der Waals surface area contributed by atoms with Gasteiger partial charge in [-0.3, -0.25) is 0 Å². The highest BCUT2D eigenvalue weighted by molar-refractivity contribution is 5.71. The molecular formula is C24H24F6O. The predicted octanol–water partition coefficient (Wildman–Crippen LogP) is 8.36. The van der Waals surface area contributed by atoms with E-state index in [2.05, 4.69) is 11.7 Å². The predicted molar refractivity (Wildman–Crippen MR) is 108 cm³/mol. The smallest absolute Gasteiger partial charge is 0.399 e. The Balaban J connectivity index is 1.82. The van der Waals surface area contributed by atoms with Gasteiger partial charge in [-0.25, -0.2) is 13.2 Å². The van der Waals surface area contributed by atoms with Gasteiger partial charge in [-0.05, 0) is 54.5 Å². The number of unbranched alkanes of at least 4 members (excludes halogenated alkanes) is 4. The first-order chi connectivity index (χ1) is 14.7. The molecule has 1 nitrogen and oxygen atoms in total. The first kappa shape index (κ1) is 23.2. The highest BCUT2D eigenvalue weighted by Gasteiger charge is 2.34. The van der Waals surface area contributed by atoms with Crippen LogP contribution < -0.4 is 4.74 Å². The molecule has 0 fully saturated rings. The van der Waals surface area contributed by atoms with Gasteiger partial charge in [0.25, 0.3) is 0 Å². The molecule has 2 aromatic carbocycles. The van der Waals surface area contributed by atoms with Gasteiger partial charge < -0.3 is 4.74 Å². The van der Waals surface area contributed by atoms with E-state index in [0.717, 1.165) is 24.8 Å². The number of fused-ring (bicyclic) bond motifs is 1. The van der Waals surface area contributed by atoms with Crippen LogP contribution >= 0.6 is 0 Å². The second kappa shape index (κ2) is 9.79. The van der Waals surface area contributed by atoms with Crippen molar-refractivity contribution in [2.45, 2.75) is 64.7 Å². The first-order valence-corrected chi connectivity index (χ1v) is 10.5. The normalized spacial score (nSPS) is 13.7. The molecule has 0 aromatic heterocycles. The average Bonchev–Trinajstić information content (AvgIpc) is 2.70. The minimum atomic E-state index is -5.24. The van der Waals surface area contributed by atoms with Gasteiger partial charge in [-0.2, -0.15) is 0 Å². The fraction of sp³-hybridized carbons (Fsp3) is 0.417. The maximum absolute atomic E-state index is 15.1. The van der Waals surface area contributed by atoms with Gasteiger partial charge in [0.05, 0.1) is 0 Å². The fourth-order valence-electron chi connectivity index (χ4n) is 3.91. The van der Waals surface area contributed by atoms with Crippen LogP contribution in [0.2, 0.25) is 0 Å². The molecular weight excluding hydrogens is 418 g/mol. The van der Waals surface area contributed by atoms with E-state index in [-0.39, 0.29) is 11.1 Å². The Morgan fingerprint density at radius 1 is 0.903 bits per heavy atom. The summed E-state index contributed by atoms with van der Waals surface area (Å²) >= 11 is 0. The third-order valence-electron chi connectivity index (χ3n) is 5.46. The summed E-state index contributed by atoms with van der Waals surface area (Å²) in [6.45, 7) is 2.16. The quantitative estimate of drug-likeness (QED) is 0.295. The van der Waals surface area contributed by atoms with Gasteiger partial charge in [0, 0.05) is 5.56 Å². The van der Waals surface area contributed by atoms with Gasteiger partial charge >= 0.3 is 6.36 Å². The lowest BCUT2D eigenvalue weighted by Crippen LogP contribution is -2.19. The van der Waals surface area contributed by atoms with Crippen LogP contribution in [0.25, 0.3) is 17.2 Å². The molecule has 0 aliphatic heterocycles. The van der Waals surface area contributed by atoms with Crippen molar-refractivity contribution in [3.63, 3.8) is 0 Å². The first-order valence-electron chi connectivity index (χ1n) is 10.5. The Morgan fingerprint density at radius 2 is 1.58 bits per heavy atom. The van der Waals surface area contributed by atoms with Crippen LogP contribution in [-0.2, 0) is 6.42 Å². The van der Waals surface area contributed by atoms with Gasteiger partial charge in [-0.15, -0.1) is 13.2 Å². The molecule has 0 saturated carbocycles. The van der Waals surface area contributed by atoms with E-state index >= 15 is 4.39 Å². The van der Waals surface area contributed by atoms with E-state index in [1.54, 1.807) is 6.07 Å². The van der Waals surface area contributed by atoms with Crippen LogP contribution in [0.3, 0.4) is 0 Å². The van der Waals surface area contributed by atoms with Crippen molar-refractivity contribution in [2.75, 3.05) is 0 Å². The summed E-state index contributed by atoms with van der Waals surface area (Å²) in [5.41, 5.74) is 2.18. The number of benzene rings is 2. The average molecular weight is 442 g/mol. The van der Waals surface area contributed by atoms with E-state index in [0.29, 0.717) is 30.5 Å². The maximum Gasteiger partial charge on any atom is 0.573 e. The Labute approximate surface area is 177 Å². The molecule has 2 aromatic rings. The van der Waals surface area contributed by atoms with E-state index in [4.69, 9.17) is 0 Å². The number of ether oxygens (including phenoxy) is 1. The standard InChI is InChI=1S/C24H24F6O/c1-2-3-4-5-6-7-15-8-10-18-16(12-15)9-11-19(22(18)27)17-13-20(25)23(21(26)14-17)31-24(28,29)30/h9,11-14H,2-8,10H2,1H3. The third-order valence-corrected chi connectivity index (χ3v) is 5.46. The summed E-state index contributed by atoms with van der Waals surface area (Å²) in [4.78, 5) is 0. The van der Waals surface area contributed by atoms with Crippen LogP contribution in [0.1, 0.15) is 63.0 Å². The fourth-order valence-corrected chi connectivity index (χ4v) is 3.91. The highest BCUT2D eigenvalue weighted by Crippen LogP contribution is 2.37. The van der Waals surface area contributed by atoms with Crippen molar-refractivity contribution in [3.05, 3.63) is 58.4 Å². The molecule has 1 aliphatic rings. The Kier molecular flexibility index (Phi) is 7.34. The monoisotopic (exact) mass is 442 g/mol. The second-order valence-corrected chi connectivity index (χ2v) is 7.78. The molecule has 3 rings (SSSR count). The van der Waals surface area contributed by atoms with Crippen molar-refractivity contribution < 1.29 is 31.1 Å². The van der Waals surface area contributed by atoms with Gasteiger partial charge in [-0.1, -0.05) is 56.4 Å². The molecule has 0 N–H and O–H groups in total. The molecule has 0 heterocycles. The Morgan fingerprint density at radius 3 is 2.23 bits per heavy atom. The molecule has 31 heavy (non-hydrogen) atoms. The molecule has 0 atom stereocenters. The zero-order valence-electron chi connectivity index (χ0n) is 17.2. The van der Waals surface area contributed by atoms with E-state index in [1.807, 2.05) is 6.08 Å². The number of alkyl halides is 3. The lowest BCUT2D eigenvalue weighted by molar-refractivity contribution is -0.276. The molecule has 0 amide bonds. The number of rotatable bonds is 8. The number of hydrogen-bond acceptors (Lipinski definition) is 1. The number of hydrogen-bond donors (Lipinski definition) is 0. The van der Waals surface area contributed by atoms with Gasteiger partial charge in [0.2, 0.25) is 5.75 Å². The molecule has 0 unspecified atom stereocenters. The van der Waals surface area contributed by atoms with E-state index in [9.17, 15) is 22.0 Å². The zero-order valence-corrected chi connectivity index (χ0v) is 17.2. The van der Waals surface area contributed by atoms with E-state index in [1.165, 1.54) is 30.9 Å². The summed E-state index contributed by atoms with van der Waals surface area (Å²) in [6.07, 6.45) is 4.74. The summed E-state index contributed by atoms with van der Waals surface area (Å²) < 4.78 is 83.6. The molecule has 1 aliphatic carbocycles. The largest absolute Gasteiger partial charge is 0.573 e. The SMILES string of the molecule is CCCCCCCC1=Cc2ccc(-c3cc(F)c(OC(F)(F)F)c(F)c3)c(F)c2CC1. The minimum Gasteiger partial charge on any atom is -0.399 e. The summed E-state index contributed by atoms with van der Waals surface area (Å²) in [6, 6.07) is 4.37. The van der Waals surface area contributed by atoms with Crippen molar-refractivity contribution in [2.24, 2.45) is 0 Å². The summed E-state index contributed by atoms with van der Waals surface area (Å²) in [5, 5.41) is 0. The minimum absolute atomic E-state index is 0.0634. The highest BCUT2D eigenvalue weighted by atomic mass is 19.4. The van der Waals surface area contributed by atoms with Crippen molar-refractivity contribution in [1.29, 1.82) is 0 Å². The molecule has 0 saturated heterocycles. The summed E-state index contributed by atoms with van der Waals surface area (Å²) in [5.74, 6) is -5.26. The van der Waals surface area contributed by atoms with Crippen LogP contribution in [0.4, 0.5) is 26.3 Å². The van der Waals surface area contributed by atoms with Crippen LogP contribution in [-0.4, -0.2) is 6.36 Å². The zero-order chi connectivity index (χ0) is 22.6. The maximum atomic E-state index is 15.1. The third kappa shape index (κ3) is 5.83. The Hall–Kier alpha value is -2.44. The van der Waals surface area contributed by atoms with Crippen LogP contribution in [0.5, 0.6) is 5.75 Å². The molecule has 0 spiro atoms. The van der Waals surface area contributed by atoms with Gasteiger partial charge in [0.15, 0.2) is 11.6 Å². The van der Waals surface area contributed by atoms with Gasteiger partial charge in [0.1, 0.15) is 5.82 Å². The lowest BCUT2D eigenvalue weighted by atomic mass is 9.87. The van der Waals surface area contributed by atoms with Crippen molar-refractivity contribution in [1.82, 2.24) is 0 Å². The van der Waals surface area contributed by atoms with Crippen LogP contribution in [0.15, 0.2) is 29.8 Å². The molecule has 0 radical (unpaired) electrons.